The van der Waals surface area contributed by atoms with E-state index in [4.69, 9.17) is 0 Å². The van der Waals surface area contributed by atoms with Crippen LogP contribution in [0.5, 0.6) is 0 Å². The zero-order valence-electron chi connectivity index (χ0n) is 17.5. The van der Waals surface area contributed by atoms with Crippen LogP contribution in [0.3, 0.4) is 0 Å². The van der Waals surface area contributed by atoms with Gasteiger partial charge in [-0.1, -0.05) is 26.2 Å². The van der Waals surface area contributed by atoms with E-state index in [-0.39, 0.29) is 0 Å². The van der Waals surface area contributed by atoms with Gasteiger partial charge in [0.2, 0.25) is 0 Å². The molecule has 0 aromatic carbocycles. The summed E-state index contributed by atoms with van der Waals surface area (Å²) in [6, 6.07) is 0.804. The normalized spacial score (nSPS) is 50.9. The largest absolute Gasteiger partial charge is 0.246 e. The minimum absolute atomic E-state index is 0.524. The molecule has 0 radical (unpaired) electrons. The average Bonchev–Trinajstić information content (AvgIpc) is 2.98. The van der Waals surface area contributed by atoms with Gasteiger partial charge in [-0.3, -0.25) is 0 Å². The number of nitrogens with one attached hydrogen (secondary N) is 1. The Morgan fingerprint density at radius 2 is 1.54 bits per heavy atom. The Morgan fingerprint density at radius 1 is 0.731 bits per heavy atom. The molecule has 0 aromatic rings. The number of hydrogen-bond donors (Lipinski definition) is 1. The first-order chi connectivity index (χ1) is 12.6. The molecule has 0 unspecified atom stereocenters. The van der Waals surface area contributed by atoms with Crippen LogP contribution in [0.1, 0.15) is 110 Å². The first-order valence-corrected chi connectivity index (χ1v) is 12.2. The maximum Gasteiger partial charge on any atom is 0.157 e. The summed E-state index contributed by atoms with van der Waals surface area (Å²) < 4.78 is 0. The van der Waals surface area contributed by atoms with Gasteiger partial charge in [0.05, 0.1) is 5.41 Å². The van der Waals surface area contributed by atoms with Gasteiger partial charge in [-0.05, 0) is 93.8 Å². The molecule has 5 saturated carbocycles. The lowest BCUT2D eigenvalue weighted by Gasteiger charge is -2.59. The Hall–Kier alpha value is -0.330. The quantitative estimate of drug-likeness (QED) is 0.657. The van der Waals surface area contributed by atoms with Crippen molar-refractivity contribution in [2.75, 3.05) is 0 Å². The highest BCUT2D eigenvalue weighted by molar-refractivity contribution is 5.87. The second-order valence-electron chi connectivity index (χ2n) is 11.4. The fourth-order valence-corrected chi connectivity index (χ4v) is 8.84. The van der Waals surface area contributed by atoms with E-state index >= 15 is 0 Å². The highest BCUT2D eigenvalue weighted by atomic mass is 14.8. The van der Waals surface area contributed by atoms with Crippen LogP contribution in [0.15, 0.2) is 0 Å². The van der Waals surface area contributed by atoms with Crippen molar-refractivity contribution in [2.45, 2.75) is 116 Å². The Morgan fingerprint density at radius 3 is 2.38 bits per heavy atom. The molecule has 5 aliphatic rings. The maximum atomic E-state index is 4.14. The monoisotopic (exact) mass is 356 g/mol. The van der Waals surface area contributed by atoms with Gasteiger partial charge in [0, 0.05) is 19.3 Å². The Kier molecular flexibility index (Phi) is 4.52. The zero-order valence-corrected chi connectivity index (χ0v) is 17.5. The molecule has 1 N–H and O–H groups in total. The molecule has 26 heavy (non-hydrogen) atoms. The number of fused-ring (bicyclic) bond motifs is 5. The lowest BCUT2D eigenvalue weighted by molar-refractivity contribution is -0.512. The van der Waals surface area contributed by atoms with Crippen LogP contribution in [0.25, 0.3) is 0 Å². The van der Waals surface area contributed by atoms with Crippen LogP contribution in [-0.2, 0) is 0 Å². The summed E-state index contributed by atoms with van der Waals surface area (Å²) in [5.41, 5.74) is 3.02. The van der Waals surface area contributed by atoms with Crippen LogP contribution in [-0.4, -0.2) is 11.8 Å². The van der Waals surface area contributed by atoms with Crippen LogP contribution < -0.4 is 4.99 Å². The zero-order chi connectivity index (χ0) is 17.8. The molecule has 0 aromatic heterocycles. The fourth-order valence-electron chi connectivity index (χ4n) is 8.84. The molecule has 5 aliphatic carbocycles. The van der Waals surface area contributed by atoms with E-state index in [2.05, 4.69) is 18.8 Å². The summed E-state index contributed by atoms with van der Waals surface area (Å²) in [4.78, 5) is 4.14. The summed E-state index contributed by atoms with van der Waals surface area (Å²) in [5.74, 6) is 4.14. The van der Waals surface area contributed by atoms with Crippen LogP contribution in [0.2, 0.25) is 0 Å². The smallest absolute Gasteiger partial charge is 0.157 e. The molecular weight excluding hydrogens is 314 g/mol. The molecule has 0 spiro atoms. The van der Waals surface area contributed by atoms with Crippen molar-refractivity contribution in [3.63, 3.8) is 0 Å². The van der Waals surface area contributed by atoms with Crippen molar-refractivity contribution in [1.82, 2.24) is 0 Å². The first-order valence-electron chi connectivity index (χ1n) is 12.2. The van der Waals surface area contributed by atoms with Gasteiger partial charge in [-0.2, -0.15) is 0 Å². The van der Waals surface area contributed by atoms with Crippen LogP contribution in [0.4, 0.5) is 0 Å². The van der Waals surface area contributed by atoms with E-state index in [1.165, 1.54) is 70.6 Å². The number of rotatable bonds is 1. The van der Waals surface area contributed by atoms with Gasteiger partial charge in [-0.15, -0.1) is 0 Å². The standard InChI is InChI=1S/C25H41N/c1-24-16-7-6-8-18(24)11-12-20-21-13-14-23(25(21,2)17-15-22(20)24)26-19-9-4-3-5-10-19/h18-22H,3-17H2,1-2H3/p+1/t18-,20+,21-,22+,24+,25-/m0/s1. The van der Waals surface area contributed by atoms with Gasteiger partial charge < -0.3 is 0 Å². The van der Waals surface area contributed by atoms with Crippen LogP contribution >= 0.6 is 0 Å². The third kappa shape index (κ3) is 2.66. The van der Waals surface area contributed by atoms with E-state index < -0.39 is 0 Å². The molecule has 5 rings (SSSR count). The predicted molar refractivity (Wildman–Crippen MR) is 109 cm³/mol. The van der Waals surface area contributed by atoms with E-state index in [1.54, 1.807) is 31.4 Å². The van der Waals surface area contributed by atoms with Crippen LogP contribution in [0, 0.1) is 34.5 Å². The molecule has 1 nitrogen and oxygen atoms in total. The Balaban J connectivity index is 1.39. The minimum Gasteiger partial charge on any atom is -0.246 e. The average molecular weight is 357 g/mol. The molecule has 0 amide bonds. The second kappa shape index (κ2) is 6.63. The molecule has 0 saturated heterocycles. The molecule has 0 heterocycles. The van der Waals surface area contributed by atoms with E-state index in [9.17, 15) is 0 Å². The first kappa shape index (κ1) is 17.7. The topological polar surface area (TPSA) is 14.0 Å². The predicted octanol–water partition coefficient (Wildman–Crippen LogP) is 5.27. The van der Waals surface area contributed by atoms with E-state index in [0.29, 0.717) is 10.8 Å². The van der Waals surface area contributed by atoms with Crippen molar-refractivity contribution in [1.29, 1.82) is 0 Å². The van der Waals surface area contributed by atoms with Gasteiger partial charge in [-0.25, -0.2) is 4.99 Å². The summed E-state index contributed by atoms with van der Waals surface area (Å²) in [6.07, 6.45) is 22.3. The van der Waals surface area contributed by atoms with Crippen molar-refractivity contribution in [3.8, 4) is 0 Å². The van der Waals surface area contributed by atoms with Gasteiger partial charge >= 0.3 is 0 Å². The van der Waals surface area contributed by atoms with Gasteiger partial charge in [0.25, 0.3) is 0 Å². The Bertz CT molecular complexity index is 559. The summed E-state index contributed by atoms with van der Waals surface area (Å²) in [5, 5.41) is 0. The Labute approximate surface area is 161 Å². The maximum absolute atomic E-state index is 4.14. The SMILES string of the molecule is C[C@@]12CCCC[C@H]1CC[C@H]1[C@H]2CC[C@]2(C)C(=[NH+]C3CCCCC3)CC[C@@H]12. The summed E-state index contributed by atoms with van der Waals surface area (Å²) >= 11 is 0. The third-order valence-corrected chi connectivity index (χ3v) is 10.4. The summed E-state index contributed by atoms with van der Waals surface area (Å²) in [6.45, 7) is 5.39. The second-order valence-corrected chi connectivity index (χ2v) is 11.4. The molecular formula is C25H42N+. The molecule has 1 heteroatoms. The van der Waals surface area contributed by atoms with Crippen molar-refractivity contribution < 1.29 is 4.99 Å². The molecule has 0 aliphatic heterocycles. The lowest BCUT2D eigenvalue weighted by Crippen LogP contribution is -2.82. The van der Waals surface area contributed by atoms with Crippen molar-refractivity contribution >= 4 is 5.71 Å². The fraction of sp³-hybridized carbons (Fsp3) is 0.960. The lowest BCUT2D eigenvalue weighted by atomic mass is 9.45. The minimum atomic E-state index is 0.524. The van der Waals surface area contributed by atoms with E-state index in [1.807, 2.05) is 0 Å². The highest BCUT2D eigenvalue weighted by Crippen LogP contribution is 2.65. The number of hydrogen-bond acceptors (Lipinski definition) is 0. The molecule has 5 fully saturated rings. The highest BCUT2D eigenvalue weighted by Gasteiger charge is 2.60. The van der Waals surface area contributed by atoms with Crippen molar-refractivity contribution in [2.24, 2.45) is 34.5 Å². The molecule has 0 bridgehead atoms. The molecule has 146 valence electrons. The van der Waals surface area contributed by atoms with E-state index in [0.717, 1.165) is 29.7 Å². The van der Waals surface area contributed by atoms with Gasteiger partial charge in [0.15, 0.2) is 11.8 Å². The summed E-state index contributed by atoms with van der Waals surface area (Å²) in [7, 11) is 0. The van der Waals surface area contributed by atoms with Gasteiger partial charge in [0.1, 0.15) is 0 Å². The third-order valence-electron chi connectivity index (χ3n) is 10.4. The molecule has 6 atom stereocenters. The van der Waals surface area contributed by atoms with Crippen molar-refractivity contribution in [3.05, 3.63) is 0 Å².